The van der Waals surface area contributed by atoms with Gasteiger partial charge >= 0.3 is 6.03 Å². The molecule has 0 bridgehead atoms. The smallest absolute Gasteiger partial charge is 0.318 e. The molecule has 13 heteroatoms. The van der Waals surface area contributed by atoms with Crippen LogP contribution < -0.4 is 10.6 Å². The molecule has 5 amide bonds. The average molecular weight is 746 g/mol. The molecule has 1 aromatic rings. The second-order valence-corrected chi connectivity index (χ2v) is 15.5. The molecular weight excluding hydrogens is 678 g/mol. The first kappa shape index (κ1) is 44.1. The lowest BCUT2D eigenvalue weighted by Gasteiger charge is -2.41. The highest BCUT2D eigenvalue weighted by molar-refractivity contribution is 5.87. The fraction of sp³-hybridized carbons (Fsp3) is 0.750. The fourth-order valence-electron chi connectivity index (χ4n) is 8.00. The predicted octanol–water partition coefficient (Wildman–Crippen LogP) is 3.47. The van der Waals surface area contributed by atoms with E-state index in [1.807, 2.05) is 71.9 Å². The molecule has 0 radical (unpaired) electrons. The molecule has 300 valence electrons. The Balaban J connectivity index is 1.74. The first-order valence-corrected chi connectivity index (χ1v) is 19.4. The van der Waals surface area contributed by atoms with Crippen LogP contribution in [0.1, 0.15) is 79.7 Å². The van der Waals surface area contributed by atoms with Crippen molar-refractivity contribution in [3.8, 4) is 0 Å². The van der Waals surface area contributed by atoms with Gasteiger partial charge in [0.15, 0.2) is 0 Å². The van der Waals surface area contributed by atoms with E-state index in [0.29, 0.717) is 32.5 Å². The topological polar surface area (TPSA) is 150 Å². The highest BCUT2D eigenvalue weighted by Crippen LogP contribution is 2.30. The fourth-order valence-corrected chi connectivity index (χ4v) is 8.00. The largest absolute Gasteiger partial charge is 0.394 e. The van der Waals surface area contributed by atoms with Crippen LogP contribution in [0.5, 0.6) is 0 Å². The second-order valence-electron chi connectivity index (χ2n) is 15.5. The molecule has 2 aliphatic rings. The molecule has 13 nitrogen and oxygen atoms in total. The van der Waals surface area contributed by atoms with E-state index in [0.717, 1.165) is 18.4 Å². The summed E-state index contributed by atoms with van der Waals surface area (Å²) >= 11 is 0. The van der Waals surface area contributed by atoms with E-state index in [1.54, 1.807) is 42.9 Å². The van der Waals surface area contributed by atoms with Crippen LogP contribution in [0.4, 0.5) is 4.79 Å². The Hall–Kier alpha value is -3.26. The Morgan fingerprint density at radius 1 is 1.00 bits per heavy atom. The highest BCUT2D eigenvalue weighted by atomic mass is 16.5. The molecule has 53 heavy (non-hydrogen) atoms. The first-order valence-electron chi connectivity index (χ1n) is 19.4. The van der Waals surface area contributed by atoms with E-state index in [2.05, 4.69) is 10.6 Å². The molecule has 2 heterocycles. The number of aliphatic hydroxyl groups excluding tert-OH is 1. The minimum absolute atomic E-state index is 0.0219. The normalized spacial score (nSPS) is 23.1. The van der Waals surface area contributed by atoms with Gasteiger partial charge in [0, 0.05) is 40.9 Å². The number of rotatable bonds is 18. The molecule has 2 fully saturated rings. The quantitative estimate of drug-likeness (QED) is 0.207. The number of carbonyl (C=O) groups is 4. The number of likely N-dealkylation sites (N-methyl/N-ethyl adjacent to an activating group) is 1. The van der Waals surface area contributed by atoms with Crippen LogP contribution in [-0.2, 0) is 35.0 Å². The Morgan fingerprint density at radius 2 is 1.64 bits per heavy atom. The molecule has 2 saturated heterocycles. The number of urea groups is 1. The number of nitrogens with one attached hydrogen (secondary N) is 2. The number of morpholine rings is 1. The van der Waals surface area contributed by atoms with Crippen LogP contribution >= 0.6 is 0 Å². The monoisotopic (exact) mass is 745 g/mol. The molecular formula is C40H67N5O8. The summed E-state index contributed by atoms with van der Waals surface area (Å²) in [5.74, 6) is -1.43. The van der Waals surface area contributed by atoms with Crippen molar-refractivity contribution in [2.75, 3.05) is 47.5 Å². The van der Waals surface area contributed by atoms with Gasteiger partial charge in [-0.15, -0.1) is 0 Å². The van der Waals surface area contributed by atoms with Crippen molar-refractivity contribution < 1.29 is 38.5 Å². The van der Waals surface area contributed by atoms with Gasteiger partial charge in [-0.05, 0) is 50.5 Å². The molecule has 0 aliphatic carbocycles. The lowest BCUT2D eigenvalue weighted by Crippen LogP contribution is -2.60. The minimum atomic E-state index is -0.781. The van der Waals surface area contributed by atoms with E-state index in [9.17, 15) is 24.3 Å². The molecule has 3 N–H and O–H groups in total. The average Bonchev–Trinajstić information content (AvgIpc) is 3.62. The van der Waals surface area contributed by atoms with Gasteiger partial charge in [0.05, 0.1) is 61.5 Å². The number of benzene rings is 1. The van der Waals surface area contributed by atoms with E-state index in [4.69, 9.17) is 14.2 Å². The highest BCUT2D eigenvalue weighted by Gasteiger charge is 2.43. The van der Waals surface area contributed by atoms with Gasteiger partial charge in [0.25, 0.3) is 0 Å². The zero-order chi connectivity index (χ0) is 39.4. The van der Waals surface area contributed by atoms with Gasteiger partial charge in [-0.3, -0.25) is 14.4 Å². The molecule has 2 aliphatic heterocycles. The summed E-state index contributed by atoms with van der Waals surface area (Å²) in [6, 6.07) is 7.36. The van der Waals surface area contributed by atoms with Crippen molar-refractivity contribution >= 4 is 23.8 Å². The number of nitrogens with zero attached hydrogens (tertiary/aromatic N) is 3. The van der Waals surface area contributed by atoms with E-state index >= 15 is 0 Å². The summed E-state index contributed by atoms with van der Waals surface area (Å²) in [5, 5.41) is 16.0. The number of hydrogen-bond donors (Lipinski definition) is 3. The zero-order valence-corrected chi connectivity index (χ0v) is 33.7. The summed E-state index contributed by atoms with van der Waals surface area (Å²) < 4.78 is 17.7. The number of hydrogen-bond acceptors (Lipinski definition) is 8. The SMILES string of the molecule is CC[C@H](C)[C@@H]([C@@H](CC(=O)N1CCC[C@H]1[C@H](OC)[C@@H](C)C(=O)N[C@H](CO)Cc1ccccc1)OC)N(C)C(=O)[C@@H](NC(=O)N1C[C@H](C)O[C@@H](C)C1)C(C)C. The minimum Gasteiger partial charge on any atom is -0.394 e. The predicted molar refractivity (Wildman–Crippen MR) is 204 cm³/mol. The molecule has 0 spiro atoms. The van der Waals surface area contributed by atoms with Crippen LogP contribution in [0.25, 0.3) is 0 Å². The summed E-state index contributed by atoms with van der Waals surface area (Å²) in [7, 11) is 4.85. The Labute approximate surface area is 317 Å². The van der Waals surface area contributed by atoms with Crippen LogP contribution in [0.15, 0.2) is 30.3 Å². The van der Waals surface area contributed by atoms with Crippen molar-refractivity contribution in [3.05, 3.63) is 35.9 Å². The van der Waals surface area contributed by atoms with Gasteiger partial charge in [-0.2, -0.15) is 0 Å². The van der Waals surface area contributed by atoms with Crippen molar-refractivity contribution in [3.63, 3.8) is 0 Å². The van der Waals surface area contributed by atoms with Gasteiger partial charge in [-0.1, -0.05) is 71.4 Å². The van der Waals surface area contributed by atoms with Gasteiger partial charge in [0.1, 0.15) is 6.04 Å². The van der Waals surface area contributed by atoms with Crippen LogP contribution in [0.3, 0.4) is 0 Å². The molecule has 1 aromatic carbocycles. The van der Waals surface area contributed by atoms with Crippen LogP contribution in [0.2, 0.25) is 0 Å². The summed E-state index contributed by atoms with van der Waals surface area (Å²) in [6.45, 7) is 14.7. The van der Waals surface area contributed by atoms with E-state index < -0.39 is 36.3 Å². The van der Waals surface area contributed by atoms with E-state index in [1.165, 1.54) is 0 Å². The molecule has 0 unspecified atom stereocenters. The standard InChI is InChI=1S/C40H67N5O8/c1-11-26(4)36(43(8)39(49)35(25(2)3)42-40(50)44-22-27(5)53-28(6)23-44)33(51-9)21-34(47)45-19-15-18-32(45)37(52-10)29(7)38(48)41-31(24-46)20-30-16-13-12-14-17-30/h12-14,16-17,25-29,31-33,35-37,46H,11,15,18-24H2,1-10H3,(H,41,48)(H,42,50)/t26-,27-,28-,29+,31-,32-,33+,35-,36-,37+/m0/s1. The van der Waals surface area contributed by atoms with Crippen molar-refractivity contribution in [2.24, 2.45) is 17.8 Å². The Bertz CT molecular complexity index is 1310. The number of amides is 5. The second kappa shape index (κ2) is 21.0. The zero-order valence-electron chi connectivity index (χ0n) is 33.7. The summed E-state index contributed by atoms with van der Waals surface area (Å²) in [6.07, 6.45) is 1.30. The van der Waals surface area contributed by atoms with Gasteiger partial charge in [0.2, 0.25) is 17.7 Å². The first-order chi connectivity index (χ1) is 25.2. The number of likely N-dealkylation sites (tertiary alicyclic amines) is 1. The third-order valence-electron chi connectivity index (χ3n) is 11.1. The molecule has 0 aromatic heterocycles. The lowest BCUT2D eigenvalue weighted by atomic mass is 9.89. The molecule has 10 atom stereocenters. The molecule has 3 rings (SSSR count). The van der Waals surface area contributed by atoms with Crippen LogP contribution in [-0.4, -0.2) is 140 Å². The van der Waals surface area contributed by atoms with Crippen molar-refractivity contribution in [1.82, 2.24) is 25.3 Å². The van der Waals surface area contributed by atoms with Crippen LogP contribution in [0, 0.1) is 17.8 Å². The lowest BCUT2D eigenvalue weighted by molar-refractivity contribution is -0.147. The van der Waals surface area contributed by atoms with Crippen molar-refractivity contribution in [1.29, 1.82) is 0 Å². The summed E-state index contributed by atoms with van der Waals surface area (Å²) in [5.41, 5.74) is 1.01. The number of methoxy groups -OCH3 is 2. The number of carbonyl (C=O) groups excluding carboxylic acids is 4. The Kier molecular flexibility index (Phi) is 17.5. The maximum atomic E-state index is 14.2. The maximum absolute atomic E-state index is 14.2. The van der Waals surface area contributed by atoms with Gasteiger partial charge in [-0.25, -0.2) is 4.79 Å². The van der Waals surface area contributed by atoms with E-state index in [-0.39, 0.29) is 66.9 Å². The maximum Gasteiger partial charge on any atom is 0.318 e. The third-order valence-corrected chi connectivity index (χ3v) is 11.1. The third kappa shape index (κ3) is 11.9. The Morgan fingerprint density at radius 3 is 2.19 bits per heavy atom. The van der Waals surface area contributed by atoms with Gasteiger partial charge < -0.3 is 44.7 Å². The van der Waals surface area contributed by atoms with Crippen molar-refractivity contribution in [2.45, 2.75) is 129 Å². The number of ether oxygens (including phenoxy) is 3. The number of aliphatic hydroxyl groups is 1. The molecule has 0 saturated carbocycles. The summed E-state index contributed by atoms with van der Waals surface area (Å²) in [4.78, 5) is 60.4.